The van der Waals surface area contributed by atoms with Crippen LogP contribution in [-0.2, 0) is 0 Å². The lowest BCUT2D eigenvalue weighted by atomic mass is 10.1. The molecule has 1 heterocycles. The highest BCUT2D eigenvalue weighted by atomic mass is 32.1. The zero-order chi connectivity index (χ0) is 15.6. The molecule has 2 rings (SSSR count). The number of anilines is 2. The topological polar surface area (TPSA) is 47.3 Å². The Morgan fingerprint density at radius 3 is 2.38 bits per heavy atom. The quantitative estimate of drug-likeness (QED) is 0.772. The Balaban J connectivity index is 2.18. The molecule has 0 spiro atoms. The lowest BCUT2D eigenvalue weighted by molar-refractivity contribution is 0.242. The molecule has 1 aromatic carbocycles. The number of nitrogen functional groups attached to an aromatic ring is 1. The molecule has 0 aliphatic carbocycles. The molecule has 0 fully saturated rings. The van der Waals surface area contributed by atoms with Gasteiger partial charge in [0.05, 0.1) is 6.10 Å². The predicted octanol–water partition coefficient (Wildman–Crippen LogP) is 4.91. The summed E-state index contributed by atoms with van der Waals surface area (Å²) in [6.07, 6.45) is 0.138. The van der Waals surface area contributed by atoms with E-state index in [0.717, 1.165) is 11.4 Å². The van der Waals surface area contributed by atoms with Crippen LogP contribution in [0.25, 0.3) is 0 Å². The van der Waals surface area contributed by atoms with Crippen LogP contribution in [0, 0.1) is 13.8 Å². The molecule has 0 saturated heterocycles. The SMILES string of the molecule is Cc1cc(C(C)Nc2cc(N)cc(OC(C)C)c2)c(C)s1. The van der Waals surface area contributed by atoms with Crippen LogP contribution >= 0.6 is 11.3 Å². The van der Waals surface area contributed by atoms with Crippen LogP contribution in [-0.4, -0.2) is 6.10 Å². The van der Waals surface area contributed by atoms with Gasteiger partial charge < -0.3 is 15.8 Å². The van der Waals surface area contributed by atoms with E-state index in [-0.39, 0.29) is 12.1 Å². The van der Waals surface area contributed by atoms with Gasteiger partial charge in [-0.2, -0.15) is 0 Å². The molecule has 2 aromatic rings. The number of hydrogen-bond donors (Lipinski definition) is 2. The van der Waals surface area contributed by atoms with E-state index in [1.54, 1.807) is 0 Å². The van der Waals surface area contributed by atoms with Gasteiger partial charge in [0.2, 0.25) is 0 Å². The van der Waals surface area contributed by atoms with Crippen molar-refractivity contribution < 1.29 is 4.74 Å². The third kappa shape index (κ3) is 4.14. The summed E-state index contributed by atoms with van der Waals surface area (Å²) in [5, 5.41) is 3.51. The molecule has 1 unspecified atom stereocenters. The van der Waals surface area contributed by atoms with Crippen molar-refractivity contribution in [2.75, 3.05) is 11.1 Å². The smallest absolute Gasteiger partial charge is 0.123 e. The van der Waals surface area contributed by atoms with Gasteiger partial charge in [-0.15, -0.1) is 11.3 Å². The zero-order valence-corrected chi connectivity index (χ0v) is 14.2. The molecule has 21 heavy (non-hydrogen) atoms. The van der Waals surface area contributed by atoms with E-state index < -0.39 is 0 Å². The number of thiophene rings is 1. The van der Waals surface area contributed by atoms with Gasteiger partial charge >= 0.3 is 0 Å². The van der Waals surface area contributed by atoms with Crippen LogP contribution in [0.3, 0.4) is 0 Å². The lowest BCUT2D eigenvalue weighted by Crippen LogP contribution is -2.09. The molecule has 1 atom stereocenters. The van der Waals surface area contributed by atoms with Crippen molar-refractivity contribution >= 4 is 22.7 Å². The van der Waals surface area contributed by atoms with Crippen molar-refractivity contribution in [3.63, 3.8) is 0 Å². The van der Waals surface area contributed by atoms with E-state index in [2.05, 4.69) is 32.2 Å². The molecule has 0 radical (unpaired) electrons. The van der Waals surface area contributed by atoms with Gasteiger partial charge in [-0.3, -0.25) is 0 Å². The van der Waals surface area contributed by atoms with Crippen molar-refractivity contribution in [3.05, 3.63) is 39.6 Å². The maximum absolute atomic E-state index is 5.97. The molecular weight excluding hydrogens is 280 g/mol. The molecule has 114 valence electrons. The highest BCUT2D eigenvalue weighted by molar-refractivity contribution is 7.12. The molecule has 3 nitrogen and oxygen atoms in total. The molecule has 4 heteroatoms. The zero-order valence-electron chi connectivity index (χ0n) is 13.4. The number of rotatable bonds is 5. The summed E-state index contributed by atoms with van der Waals surface area (Å²) in [5.74, 6) is 0.804. The Kier molecular flexibility index (Phi) is 4.78. The minimum Gasteiger partial charge on any atom is -0.491 e. The van der Waals surface area contributed by atoms with E-state index in [4.69, 9.17) is 10.5 Å². The van der Waals surface area contributed by atoms with Gasteiger partial charge in [-0.25, -0.2) is 0 Å². The number of ether oxygens (including phenoxy) is 1. The van der Waals surface area contributed by atoms with E-state index in [9.17, 15) is 0 Å². The Morgan fingerprint density at radius 1 is 1.10 bits per heavy atom. The van der Waals surface area contributed by atoms with Crippen LogP contribution in [0.1, 0.15) is 42.1 Å². The number of hydrogen-bond acceptors (Lipinski definition) is 4. The van der Waals surface area contributed by atoms with E-state index >= 15 is 0 Å². The van der Waals surface area contributed by atoms with Crippen molar-refractivity contribution in [2.24, 2.45) is 0 Å². The first-order chi connectivity index (χ1) is 9.85. The van der Waals surface area contributed by atoms with Crippen LogP contribution in [0.4, 0.5) is 11.4 Å². The normalized spacial score (nSPS) is 12.5. The summed E-state index contributed by atoms with van der Waals surface area (Å²) in [7, 11) is 0. The largest absolute Gasteiger partial charge is 0.491 e. The fourth-order valence-corrected chi connectivity index (χ4v) is 3.48. The molecular formula is C17H24N2OS. The Labute approximate surface area is 131 Å². The third-order valence-corrected chi connectivity index (χ3v) is 4.21. The van der Waals surface area contributed by atoms with Crippen molar-refractivity contribution in [3.8, 4) is 5.75 Å². The first kappa shape index (κ1) is 15.7. The molecule has 0 aliphatic heterocycles. The van der Waals surface area contributed by atoms with Gasteiger partial charge in [0.15, 0.2) is 0 Å². The highest BCUT2D eigenvalue weighted by Crippen LogP contribution is 2.30. The molecule has 3 N–H and O–H groups in total. The maximum Gasteiger partial charge on any atom is 0.123 e. The second-order valence-corrected chi connectivity index (χ2v) is 7.15. The fourth-order valence-electron chi connectivity index (χ4n) is 2.45. The van der Waals surface area contributed by atoms with Crippen LogP contribution in [0.15, 0.2) is 24.3 Å². The predicted molar refractivity (Wildman–Crippen MR) is 92.4 cm³/mol. The summed E-state index contributed by atoms with van der Waals surface area (Å²) in [6.45, 7) is 10.5. The monoisotopic (exact) mass is 304 g/mol. The second kappa shape index (κ2) is 6.39. The maximum atomic E-state index is 5.97. The van der Waals surface area contributed by atoms with Gasteiger partial charge in [0.1, 0.15) is 5.75 Å². The Morgan fingerprint density at radius 2 is 1.81 bits per heavy atom. The molecule has 0 aliphatic rings. The van der Waals surface area contributed by atoms with Crippen LogP contribution < -0.4 is 15.8 Å². The minimum absolute atomic E-state index is 0.138. The van der Waals surface area contributed by atoms with E-state index in [1.165, 1.54) is 15.3 Å². The molecule has 0 bridgehead atoms. The van der Waals surface area contributed by atoms with Gasteiger partial charge in [-0.1, -0.05) is 0 Å². The average Bonchev–Trinajstić information content (AvgIpc) is 2.66. The molecule has 1 aromatic heterocycles. The van der Waals surface area contributed by atoms with E-state index in [0.29, 0.717) is 5.69 Å². The minimum atomic E-state index is 0.138. The molecule has 0 amide bonds. The lowest BCUT2D eigenvalue weighted by Gasteiger charge is -2.18. The fraction of sp³-hybridized carbons (Fsp3) is 0.412. The Hall–Kier alpha value is -1.68. The average molecular weight is 304 g/mol. The summed E-state index contributed by atoms with van der Waals surface area (Å²) >= 11 is 1.83. The molecule has 0 saturated carbocycles. The Bertz CT molecular complexity index is 619. The summed E-state index contributed by atoms with van der Waals surface area (Å²) in [4.78, 5) is 2.70. The number of benzene rings is 1. The summed E-state index contributed by atoms with van der Waals surface area (Å²) in [6, 6.07) is 8.29. The number of nitrogens with two attached hydrogens (primary N) is 1. The van der Waals surface area contributed by atoms with Crippen molar-refractivity contribution in [1.82, 2.24) is 0 Å². The van der Waals surface area contributed by atoms with Crippen molar-refractivity contribution in [2.45, 2.75) is 46.8 Å². The van der Waals surface area contributed by atoms with Crippen LogP contribution in [0.5, 0.6) is 5.75 Å². The third-order valence-electron chi connectivity index (χ3n) is 3.23. The number of aryl methyl sites for hydroxylation is 2. The van der Waals surface area contributed by atoms with E-state index in [1.807, 2.05) is 43.4 Å². The first-order valence-corrected chi connectivity index (χ1v) is 8.07. The van der Waals surface area contributed by atoms with Gasteiger partial charge in [-0.05, 0) is 52.3 Å². The van der Waals surface area contributed by atoms with Gasteiger partial charge in [0, 0.05) is 39.3 Å². The summed E-state index contributed by atoms with van der Waals surface area (Å²) in [5.41, 5.74) is 9.00. The highest BCUT2D eigenvalue weighted by Gasteiger charge is 2.12. The first-order valence-electron chi connectivity index (χ1n) is 7.26. The van der Waals surface area contributed by atoms with Gasteiger partial charge in [0.25, 0.3) is 0 Å². The van der Waals surface area contributed by atoms with Crippen molar-refractivity contribution in [1.29, 1.82) is 0 Å². The van der Waals surface area contributed by atoms with Crippen LogP contribution in [0.2, 0.25) is 0 Å². The second-order valence-electron chi connectivity index (χ2n) is 5.69. The summed E-state index contributed by atoms with van der Waals surface area (Å²) < 4.78 is 5.73. The number of nitrogens with one attached hydrogen (secondary N) is 1. The standard InChI is InChI=1S/C17H24N2OS/c1-10(2)20-16-8-14(18)7-15(9-16)19-12(4)17-6-11(3)21-13(17)5/h6-10,12,19H,18H2,1-5H3.